The lowest BCUT2D eigenvalue weighted by Crippen LogP contribution is -2.42. The third-order valence-electron chi connectivity index (χ3n) is 2.64. The van der Waals surface area contributed by atoms with Crippen molar-refractivity contribution >= 4 is 5.91 Å². The summed E-state index contributed by atoms with van der Waals surface area (Å²) < 4.78 is 5.45. The van der Waals surface area contributed by atoms with Crippen molar-refractivity contribution in [1.82, 2.24) is 10.2 Å². The minimum absolute atomic E-state index is 0.0130. The van der Waals surface area contributed by atoms with Gasteiger partial charge in [-0.2, -0.15) is 0 Å². The second-order valence-corrected chi connectivity index (χ2v) is 4.91. The van der Waals surface area contributed by atoms with Gasteiger partial charge in [-0.3, -0.25) is 4.79 Å². The van der Waals surface area contributed by atoms with Gasteiger partial charge in [-0.1, -0.05) is 13.8 Å². The summed E-state index contributed by atoms with van der Waals surface area (Å²) in [6.45, 7) is 10.4. The predicted octanol–water partition coefficient (Wildman–Crippen LogP) is 1.01. The highest BCUT2D eigenvalue weighted by molar-refractivity contribution is 5.84. The fourth-order valence-electron chi connectivity index (χ4n) is 1.92. The van der Waals surface area contributed by atoms with Gasteiger partial charge in [0.15, 0.2) is 0 Å². The number of hydrogen-bond acceptors (Lipinski definition) is 3. The molecule has 1 fully saturated rings. The number of hydrogen-bond donors (Lipinski definition) is 1. The molecule has 0 bridgehead atoms. The molecule has 16 heavy (non-hydrogen) atoms. The number of likely N-dealkylation sites (tertiary alicyclic amines) is 1. The summed E-state index contributed by atoms with van der Waals surface area (Å²) in [7, 11) is 0. The lowest BCUT2D eigenvalue weighted by Gasteiger charge is -2.19. The molecule has 0 radical (unpaired) electrons. The van der Waals surface area contributed by atoms with Crippen LogP contribution in [0.2, 0.25) is 0 Å². The highest BCUT2D eigenvalue weighted by atomic mass is 16.5. The molecule has 0 aromatic carbocycles. The fourth-order valence-corrected chi connectivity index (χ4v) is 1.92. The van der Waals surface area contributed by atoms with Crippen LogP contribution < -0.4 is 5.32 Å². The normalized spacial score (nSPS) is 21.5. The first kappa shape index (κ1) is 13.5. The Morgan fingerprint density at radius 1 is 1.44 bits per heavy atom. The second-order valence-electron chi connectivity index (χ2n) is 4.91. The van der Waals surface area contributed by atoms with E-state index < -0.39 is 0 Å². The number of carbonyl (C=O) groups is 1. The van der Waals surface area contributed by atoms with E-state index in [2.05, 4.69) is 19.2 Å². The molecule has 1 rings (SSSR count). The fraction of sp³-hybridized carbons (Fsp3) is 0.917. The molecule has 1 amide bonds. The molecule has 1 unspecified atom stereocenters. The molecular formula is C12H24N2O2. The van der Waals surface area contributed by atoms with Crippen molar-refractivity contribution in [2.75, 3.05) is 19.7 Å². The summed E-state index contributed by atoms with van der Waals surface area (Å²) in [5.41, 5.74) is 0. The standard InChI is InChI=1S/C12H24N2O2/c1-9(2)13-11-5-6-14(12(11)15)7-8-16-10(3)4/h9-11,13H,5-8H2,1-4H3. The Morgan fingerprint density at radius 3 is 2.69 bits per heavy atom. The summed E-state index contributed by atoms with van der Waals surface area (Å²) in [4.78, 5) is 13.8. The van der Waals surface area contributed by atoms with Gasteiger partial charge in [0.2, 0.25) is 5.91 Å². The maximum atomic E-state index is 11.9. The van der Waals surface area contributed by atoms with Gasteiger partial charge in [-0.15, -0.1) is 0 Å². The second kappa shape index (κ2) is 6.21. The first-order valence-corrected chi connectivity index (χ1v) is 6.17. The van der Waals surface area contributed by atoms with E-state index in [0.717, 1.165) is 13.0 Å². The third-order valence-corrected chi connectivity index (χ3v) is 2.64. The van der Waals surface area contributed by atoms with Crippen molar-refractivity contribution in [2.45, 2.75) is 52.3 Å². The van der Waals surface area contributed by atoms with Crippen LogP contribution in [0.4, 0.5) is 0 Å². The monoisotopic (exact) mass is 228 g/mol. The Hall–Kier alpha value is -0.610. The zero-order chi connectivity index (χ0) is 12.1. The molecule has 1 atom stereocenters. The molecule has 0 aromatic rings. The largest absolute Gasteiger partial charge is 0.377 e. The Labute approximate surface area is 98.3 Å². The van der Waals surface area contributed by atoms with E-state index in [1.807, 2.05) is 18.7 Å². The molecule has 1 saturated heterocycles. The maximum absolute atomic E-state index is 11.9. The van der Waals surface area contributed by atoms with E-state index >= 15 is 0 Å². The van der Waals surface area contributed by atoms with Crippen molar-refractivity contribution in [1.29, 1.82) is 0 Å². The number of nitrogens with zero attached hydrogens (tertiary/aromatic N) is 1. The molecule has 0 saturated carbocycles. The Kier molecular flexibility index (Phi) is 5.22. The zero-order valence-electron chi connectivity index (χ0n) is 10.8. The maximum Gasteiger partial charge on any atom is 0.239 e. The van der Waals surface area contributed by atoms with E-state index in [0.29, 0.717) is 19.2 Å². The Balaban J connectivity index is 2.28. The zero-order valence-corrected chi connectivity index (χ0v) is 10.8. The van der Waals surface area contributed by atoms with Crippen LogP contribution in [-0.4, -0.2) is 48.7 Å². The smallest absolute Gasteiger partial charge is 0.239 e. The van der Waals surface area contributed by atoms with Crippen LogP contribution in [0.15, 0.2) is 0 Å². The number of amides is 1. The third kappa shape index (κ3) is 4.10. The van der Waals surface area contributed by atoms with Gasteiger partial charge in [0.25, 0.3) is 0 Å². The van der Waals surface area contributed by atoms with Crippen molar-refractivity contribution in [3.05, 3.63) is 0 Å². The van der Waals surface area contributed by atoms with Crippen molar-refractivity contribution in [2.24, 2.45) is 0 Å². The van der Waals surface area contributed by atoms with Crippen LogP contribution in [0.3, 0.4) is 0 Å². The minimum Gasteiger partial charge on any atom is -0.377 e. The van der Waals surface area contributed by atoms with Crippen molar-refractivity contribution in [3.8, 4) is 0 Å². The summed E-state index contributed by atoms with van der Waals surface area (Å²) in [6.07, 6.45) is 1.15. The van der Waals surface area contributed by atoms with E-state index in [1.165, 1.54) is 0 Å². The highest BCUT2D eigenvalue weighted by Gasteiger charge is 2.31. The SMILES string of the molecule is CC(C)NC1CCN(CCOC(C)C)C1=O. The topological polar surface area (TPSA) is 41.6 Å². The summed E-state index contributed by atoms with van der Waals surface area (Å²) >= 11 is 0. The lowest BCUT2D eigenvalue weighted by atomic mass is 10.2. The Bertz CT molecular complexity index is 229. The predicted molar refractivity (Wildman–Crippen MR) is 64.3 cm³/mol. The van der Waals surface area contributed by atoms with Gasteiger partial charge in [-0.25, -0.2) is 0 Å². The van der Waals surface area contributed by atoms with Gasteiger partial charge >= 0.3 is 0 Å². The van der Waals surface area contributed by atoms with Gasteiger partial charge < -0.3 is 15.0 Å². The molecular weight excluding hydrogens is 204 g/mol. The molecule has 94 valence electrons. The summed E-state index contributed by atoms with van der Waals surface area (Å²) in [6, 6.07) is 0.375. The molecule has 0 aromatic heterocycles. The Morgan fingerprint density at radius 2 is 2.12 bits per heavy atom. The first-order chi connectivity index (χ1) is 7.50. The summed E-state index contributed by atoms with van der Waals surface area (Å²) in [5, 5.41) is 3.29. The van der Waals surface area contributed by atoms with Crippen molar-refractivity contribution < 1.29 is 9.53 Å². The van der Waals surface area contributed by atoms with E-state index in [-0.39, 0.29) is 18.1 Å². The molecule has 0 aliphatic carbocycles. The molecule has 4 heteroatoms. The average molecular weight is 228 g/mol. The minimum atomic E-state index is 0.0130. The van der Waals surface area contributed by atoms with E-state index in [9.17, 15) is 4.79 Å². The van der Waals surface area contributed by atoms with Crippen LogP contribution in [0.1, 0.15) is 34.1 Å². The van der Waals surface area contributed by atoms with Crippen LogP contribution in [-0.2, 0) is 9.53 Å². The van der Waals surface area contributed by atoms with Gasteiger partial charge in [0.05, 0.1) is 18.8 Å². The number of carbonyl (C=O) groups excluding carboxylic acids is 1. The van der Waals surface area contributed by atoms with Gasteiger partial charge in [0.1, 0.15) is 0 Å². The van der Waals surface area contributed by atoms with Crippen LogP contribution in [0.5, 0.6) is 0 Å². The average Bonchev–Trinajstić information content (AvgIpc) is 2.48. The molecule has 1 N–H and O–H groups in total. The number of rotatable bonds is 6. The van der Waals surface area contributed by atoms with E-state index in [1.54, 1.807) is 0 Å². The van der Waals surface area contributed by atoms with Crippen LogP contribution in [0, 0.1) is 0 Å². The highest BCUT2D eigenvalue weighted by Crippen LogP contribution is 2.11. The quantitative estimate of drug-likeness (QED) is 0.737. The molecule has 4 nitrogen and oxygen atoms in total. The number of nitrogens with one attached hydrogen (secondary N) is 1. The van der Waals surface area contributed by atoms with Crippen LogP contribution in [0.25, 0.3) is 0 Å². The molecule has 1 aliphatic heterocycles. The van der Waals surface area contributed by atoms with Crippen LogP contribution >= 0.6 is 0 Å². The van der Waals surface area contributed by atoms with Gasteiger partial charge in [0, 0.05) is 19.1 Å². The molecule has 1 aliphatic rings. The summed E-state index contributed by atoms with van der Waals surface area (Å²) in [5.74, 6) is 0.223. The lowest BCUT2D eigenvalue weighted by molar-refractivity contribution is -0.130. The molecule has 0 spiro atoms. The first-order valence-electron chi connectivity index (χ1n) is 6.17. The van der Waals surface area contributed by atoms with E-state index in [4.69, 9.17) is 4.74 Å². The van der Waals surface area contributed by atoms with Gasteiger partial charge in [-0.05, 0) is 20.3 Å². The number of ether oxygens (including phenoxy) is 1. The molecule has 1 heterocycles. The van der Waals surface area contributed by atoms with Crippen molar-refractivity contribution in [3.63, 3.8) is 0 Å².